The summed E-state index contributed by atoms with van der Waals surface area (Å²) in [4.78, 5) is 10.1. The van der Waals surface area contributed by atoms with Crippen LogP contribution in [-0.2, 0) is 13.6 Å². The molecule has 0 aliphatic carbocycles. The molecule has 0 bridgehead atoms. The van der Waals surface area contributed by atoms with E-state index in [2.05, 4.69) is 38.3 Å². The van der Waals surface area contributed by atoms with Crippen molar-refractivity contribution in [2.24, 2.45) is 7.05 Å². The van der Waals surface area contributed by atoms with Crippen LogP contribution in [-0.4, -0.2) is 14.5 Å². The number of rotatable bonds is 0. The second-order valence-corrected chi connectivity index (χ2v) is 6.14. The van der Waals surface area contributed by atoms with E-state index in [1.165, 1.54) is 31.8 Å². The fourth-order valence-electron chi connectivity index (χ4n) is 3.17. The van der Waals surface area contributed by atoms with Crippen molar-refractivity contribution in [1.82, 2.24) is 14.5 Å². The van der Waals surface area contributed by atoms with Crippen molar-refractivity contribution in [2.45, 2.75) is 6.54 Å². The Hall–Kier alpha value is -2.27. The van der Waals surface area contributed by atoms with Gasteiger partial charge < -0.3 is 0 Å². The monoisotopic (exact) mass is 279 g/mol. The van der Waals surface area contributed by atoms with Crippen molar-refractivity contribution in [1.29, 1.82) is 0 Å². The second kappa shape index (κ2) is 3.43. The number of pyridine rings is 2. The summed E-state index contributed by atoms with van der Waals surface area (Å²) in [5, 5.41) is 1.24. The Morgan fingerprint density at radius 1 is 1.30 bits per heavy atom. The van der Waals surface area contributed by atoms with Gasteiger partial charge in [-0.15, -0.1) is 0 Å². The van der Waals surface area contributed by atoms with E-state index in [1.54, 1.807) is 0 Å². The molecular formula is C15H11N4S+. The summed E-state index contributed by atoms with van der Waals surface area (Å²) in [6.45, 7) is 0.899. The molecule has 20 heavy (non-hydrogen) atoms. The van der Waals surface area contributed by atoms with E-state index in [1.807, 2.05) is 36.0 Å². The standard InChI is InChI=1S/C15H11N4S/c1-18-14-12-9(3-2-5-17-12)8-19(14)13-10-7-16-6-4-11(10)20-15(13)18/h2-7H,8H2,1H3/q+1. The molecule has 0 saturated carbocycles. The maximum absolute atomic E-state index is 4.56. The smallest absolute Gasteiger partial charge is 0.264 e. The minimum Gasteiger partial charge on any atom is -0.264 e. The van der Waals surface area contributed by atoms with Gasteiger partial charge in [0, 0.05) is 28.9 Å². The van der Waals surface area contributed by atoms with Crippen LogP contribution in [0.5, 0.6) is 0 Å². The van der Waals surface area contributed by atoms with Gasteiger partial charge in [-0.25, -0.2) is 14.1 Å². The Kier molecular flexibility index (Phi) is 1.80. The van der Waals surface area contributed by atoms with E-state index in [4.69, 9.17) is 0 Å². The quantitative estimate of drug-likeness (QED) is 0.408. The summed E-state index contributed by atoms with van der Waals surface area (Å²) in [6.07, 6.45) is 5.70. The molecule has 1 aliphatic rings. The third kappa shape index (κ3) is 1.10. The maximum Gasteiger partial charge on any atom is 0.309 e. The van der Waals surface area contributed by atoms with E-state index in [0.29, 0.717) is 0 Å². The average molecular weight is 279 g/mol. The molecule has 0 fully saturated rings. The van der Waals surface area contributed by atoms with Gasteiger partial charge in [-0.2, -0.15) is 0 Å². The molecule has 5 heteroatoms. The minimum atomic E-state index is 0.899. The molecule has 96 valence electrons. The lowest BCUT2D eigenvalue weighted by Crippen LogP contribution is -2.28. The molecule has 0 radical (unpaired) electrons. The van der Waals surface area contributed by atoms with Crippen LogP contribution in [0.4, 0.5) is 0 Å². The lowest BCUT2D eigenvalue weighted by atomic mass is 10.2. The average Bonchev–Trinajstić information content (AvgIpc) is 3.10. The Bertz CT molecular complexity index is 996. The van der Waals surface area contributed by atoms with Crippen LogP contribution in [0, 0.1) is 0 Å². The summed E-state index contributed by atoms with van der Waals surface area (Å²) >= 11 is 1.82. The molecule has 0 unspecified atom stereocenters. The van der Waals surface area contributed by atoms with Gasteiger partial charge in [0.2, 0.25) is 4.83 Å². The minimum absolute atomic E-state index is 0.899. The highest BCUT2D eigenvalue weighted by molar-refractivity contribution is 7.25. The number of imidazole rings is 1. The first-order valence-corrected chi connectivity index (χ1v) is 7.35. The fourth-order valence-corrected chi connectivity index (χ4v) is 4.30. The zero-order chi connectivity index (χ0) is 13.3. The molecule has 0 amide bonds. The van der Waals surface area contributed by atoms with Crippen molar-refractivity contribution in [2.75, 3.05) is 0 Å². The van der Waals surface area contributed by atoms with Gasteiger partial charge in [0.15, 0.2) is 11.2 Å². The molecule has 4 nitrogen and oxygen atoms in total. The fraction of sp³-hybridized carbons (Fsp3) is 0.133. The van der Waals surface area contributed by atoms with Crippen LogP contribution >= 0.6 is 11.3 Å². The topological polar surface area (TPSA) is 34.6 Å². The van der Waals surface area contributed by atoms with Crippen LogP contribution < -0.4 is 4.57 Å². The summed E-state index contributed by atoms with van der Waals surface area (Å²) in [5.74, 6) is 1.20. The van der Waals surface area contributed by atoms with Crippen molar-refractivity contribution in [3.05, 3.63) is 42.4 Å². The molecule has 4 aromatic heterocycles. The van der Waals surface area contributed by atoms with Crippen molar-refractivity contribution >= 4 is 31.8 Å². The normalized spacial score (nSPS) is 13.1. The first-order valence-electron chi connectivity index (χ1n) is 6.53. The largest absolute Gasteiger partial charge is 0.309 e. The number of aryl methyl sites for hydroxylation is 1. The number of nitrogens with zero attached hydrogens (tertiary/aromatic N) is 4. The van der Waals surface area contributed by atoms with Gasteiger partial charge in [-0.1, -0.05) is 17.4 Å². The molecule has 0 aromatic carbocycles. The molecule has 1 aliphatic heterocycles. The van der Waals surface area contributed by atoms with Crippen LogP contribution in [0.25, 0.3) is 32.0 Å². The Morgan fingerprint density at radius 3 is 3.20 bits per heavy atom. The van der Waals surface area contributed by atoms with Gasteiger partial charge in [0.25, 0.3) is 0 Å². The zero-order valence-electron chi connectivity index (χ0n) is 10.9. The lowest BCUT2D eigenvalue weighted by molar-refractivity contribution is -0.631. The predicted octanol–water partition coefficient (Wildman–Crippen LogP) is 2.50. The first kappa shape index (κ1) is 10.5. The van der Waals surface area contributed by atoms with Crippen LogP contribution in [0.2, 0.25) is 0 Å². The van der Waals surface area contributed by atoms with E-state index >= 15 is 0 Å². The van der Waals surface area contributed by atoms with Gasteiger partial charge in [0.1, 0.15) is 6.54 Å². The molecule has 5 rings (SSSR count). The lowest BCUT2D eigenvalue weighted by Gasteiger charge is -1.93. The molecule has 0 saturated heterocycles. The third-order valence-electron chi connectivity index (χ3n) is 4.02. The number of hydrogen-bond acceptors (Lipinski definition) is 3. The van der Waals surface area contributed by atoms with Crippen molar-refractivity contribution in [3.63, 3.8) is 0 Å². The van der Waals surface area contributed by atoms with Crippen molar-refractivity contribution in [3.8, 4) is 11.5 Å². The van der Waals surface area contributed by atoms with Gasteiger partial charge >= 0.3 is 5.82 Å². The predicted molar refractivity (Wildman–Crippen MR) is 78.6 cm³/mol. The maximum atomic E-state index is 4.56. The Labute approximate surface area is 119 Å². The Balaban J connectivity index is 1.99. The van der Waals surface area contributed by atoms with Gasteiger partial charge in [-0.05, 0) is 12.1 Å². The highest BCUT2D eigenvalue weighted by atomic mass is 32.1. The van der Waals surface area contributed by atoms with E-state index in [9.17, 15) is 0 Å². The highest BCUT2D eigenvalue weighted by Crippen LogP contribution is 2.38. The zero-order valence-corrected chi connectivity index (χ0v) is 11.7. The van der Waals surface area contributed by atoms with Crippen LogP contribution in [0.1, 0.15) is 5.56 Å². The number of thiophene rings is 1. The SMILES string of the molecule is C[n+]1c2n(c3c4cnccc4sc31)Cc1cccnc1-2. The van der Waals surface area contributed by atoms with E-state index in [0.717, 1.165) is 12.2 Å². The number of aromatic nitrogens is 4. The van der Waals surface area contributed by atoms with Crippen molar-refractivity contribution < 1.29 is 4.57 Å². The van der Waals surface area contributed by atoms with Crippen LogP contribution in [0.15, 0.2) is 36.8 Å². The third-order valence-corrected chi connectivity index (χ3v) is 5.26. The molecule has 0 atom stereocenters. The van der Waals surface area contributed by atoms with Gasteiger partial charge in [0.05, 0.1) is 12.4 Å². The molecule has 0 spiro atoms. The highest BCUT2D eigenvalue weighted by Gasteiger charge is 2.35. The summed E-state index contributed by atoms with van der Waals surface area (Å²) in [6, 6.07) is 6.26. The second-order valence-electron chi connectivity index (χ2n) is 5.11. The Morgan fingerprint density at radius 2 is 2.25 bits per heavy atom. The summed E-state index contributed by atoms with van der Waals surface area (Å²) < 4.78 is 5.92. The molecular weight excluding hydrogens is 268 g/mol. The molecule has 4 aromatic rings. The number of fused-ring (bicyclic) bond motifs is 7. The molecule has 0 N–H and O–H groups in total. The van der Waals surface area contributed by atoms with E-state index in [-0.39, 0.29) is 0 Å². The van der Waals surface area contributed by atoms with Gasteiger partial charge in [-0.3, -0.25) is 4.98 Å². The first-order chi connectivity index (χ1) is 9.84. The molecule has 5 heterocycles. The number of hydrogen-bond donors (Lipinski definition) is 0. The van der Waals surface area contributed by atoms with Crippen LogP contribution in [0.3, 0.4) is 0 Å². The summed E-state index contributed by atoms with van der Waals surface area (Å²) in [5.41, 5.74) is 3.69. The van der Waals surface area contributed by atoms with E-state index < -0.39 is 0 Å². The summed E-state index contributed by atoms with van der Waals surface area (Å²) in [7, 11) is 2.13.